The number of fused-ring (bicyclic) bond motifs is 2. The van der Waals surface area contributed by atoms with E-state index in [2.05, 4.69) is 117 Å². The van der Waals surface area contributed by atoms with Gasteiger partial charge in [-0.1, -0.05) is 84.2 Å². The lowest BCUT2D eigenvalue weighted by Gasteiger charge is -2.16. The summed E-state index contributed by atoms with van der Waals surface area (Å²) in [7, 11) is 0. The second kappa shape index (κ2) is 24.9. The van der Waals surface area contributed by atoms with Crippen LogP contribution in [0.25, 0.3) is 32.9 Å². The molecule has 2 aliphatic carbocycles. The average molecular weight is 1280 g/mol. The summed E-state index contributed by atoms with van der Waals surface area (Å²) in [5.41, 5.74) is 3.19. The number of nitrogens with zero attached hydrogens (tertiary/aromatic N) is 8. The highest BCUT2D eigenvalue weighted by Gasteiger charge is 2.37. The van der Waals surface area contributed by atoms with Crippen LogP contribution in [0.15, 0.2) is 124 Å². The van der Waals surface area contributed by atoms with Crippen LogP contribution < -0.4 is 22.5 Å². The minimum Gasteiger partial charge on any atom is -0.481 e. The third-order valence-corrected chi connectivity index (χ3v) is 17.0. The molecule has 4 aromatic heterocycles. The molecule has 4 fully saturated rings. The van der Waals surface area contributed by atoms with Gasteiger partial charge in [0, 0.05) is 47.1 Å². The van der Waals surface area contributed by atoms with Crippen molar-refractivity contribution in [3.63, 3.8) is 0 Å². The van der Waals surface area contributed by atoms with E-state index in [0.29, 0.717) is 42.7 Å². The number of carbonyl (C=O) groups excluding carboxylic acids is 1. The number of rotatable bonds is 15. The fraction of sp³-hybridized carbons (Fsp3) is 0.370. The Hall–Kier alpha value is -6.56. The second-order valence-electron chi connectivity index (χ2n) is 19.8. The predicted molar refractivity (Wildman–Crippen MR) is 305 cm³/mol. The summed E-state index contributed by atoms with van der Waals surface area (Å²) < 4.78 is 23.8. The number of hydrogen-bond donors (Lipinski definition) is 6. The molecule has 0 bridgehead atoms. The molecule has 424 valence electrons. The van der Waals surface area contributed by atoms with Crippen molar-refractivity contribution in [3.8, 4) is 11.4 Å². The van der Waals surface area contributed by atoms with Gasteiger partial charge in [0.25, 0.3) is 11.1 Å². The van der Waals surface area contributed by atoms with Gasteiger partial charge in [0.1, 0.15) is 31.3 Å². The van der Waals surface area contributed by atoms with E-state index in [-0.39, 0.29) is 37.6 Å². The van der Waals surface area contributed by atoms with E-state index in [4.69, 9.17) is 24.4 Å². The lowest BCUT2D eigenvalue weighted by Crippen LogP contribution is -2.33. The summed E-state index contributed by atoms with van der Waals surface area (Å²) in [6.45, 7) is 2.65. The summed E-state index contributed by atoms with van der Waals surface area (Å²) >= 11 is 9.29. The SMILES string of the molecule is Cc1cn([C@H]2CC(O)[C@@H](CO)O2)c(=O)[nH]c1=O.Cc1cn([C@H]2CC(O)[C@@H](COC(=O)CSc3nnc(Br)n3-c3ccc(C4CC4)c4ccccc34)O2)c(=O)[nH]c1=O.O=C(O)CSc1nnc(Br)n1-c1ccc(C2CC2)c2ccccc12. The highest BCUT2D eigenvalue weighted by molar-refractivity contribution is 9.10. The Kier molecular flexibility index (Phi) is 17.7. The van der Waals surface area contributed by atoms with Gasteiger partial charge >= 0.3 is 23.3 Å². The van der Waals surface area contributed by atoms with Crippen molar-refractivity contribution in [1.29, 1.82) is 0 Å². The van der Waals surface area contributed by atoms with E-state index in [0.717, 1.165) is 33.9 Å². The van der Waals surface area contributed by atoms with Crippen LogP contribution >= 0.6 is 55.4 Å². The molecule has 0 radical (unpaired) electrons. The maximum atomic E-state index is 12.6. The molecular formula is C54H54Br2N10O13S2. The van der Waals surface area contributed by atoms with Crippen LogP contribution in [-0.2, 0) is 23.8 Å². The van der Waals surface area contributed by atoms with E-state index < -0.39 is 71.3 Å². The highest BCUT2D eigenvalue weighted by atomic mass is 79.9. The number of nitrogens with one attached hydrogen (secondary N) is 2. The van der Waals surface area contributed by atoms with Gasteiger partial charge in [0.05, 0.1) is 41.7 Å². The van der Waals surface area contributed by atoms with Gasteiger partial charge in [-0.25, -0.2) is 9.59 Å². The number of carboxylic acid groups (broad SMARTS) is 1. The Balaban J connectivity index is 0.000000152. The average Bonchev–Trinajstić information content (AvgIpc) is 4.38. The number of esters is 1. The van der Waals surface area contributed by atoms with Crippen molar-refractivity contribution >= 4 is 88.9 Å². The molecule has 8 aromatic rings. The van der Waals surface area contributed by atoms with Crippen LogP contribution in [0.5, 0.6) is 0 Å². The summed E-state index contributed by atoms with van der Waals surface area (Å²) in [4.78, 5) is 74.4. The largest absolute Gasteiger partial charge is 0.481 e. The number of benzene rings is 4. The number of aryl methyl sites for hydroxylation is 2. The number of halogens is 2. The van der Waals surface area contributed by atoms with Crippen LogP contribution in [0.1, 0.15) is 85.1 Å². The summed E-state index contributed by atoms with van der Waals surface area (Å²) in [5.74, 6) is -0.210. The maximum Gasteiger partial charge on any atom is 0.330 e. The molecular weight excluding hydrogens is 1220 g/mol. The number of H-pyrrole nitrogens is 2. The molecule has 23 nitrogen and oxygen atoms in total. The number of carboxylic acids is 1. The van der Waals surface area contributed by atoms with Crippen molar-refractivity contribution in [2.45, 2.75) is 111 Å². The van der Waals surface area contributed by atoms with E-state index in [9.17, 15) is 39.0 Å². The number of hydrogen-bond acceptors (Lipinski definition) is 18. The molecule has 6 heterocycles. The summed E-state index contributed by atoms with van der Waals surface area (Å²) in [6, 6.07) is 25.0. The molecule has 4 aliphatic rings. The standard InChI is InChI=1S/C27H26BrN5O6S.C17H14BrN3O2S.C10H14N2O5/c1-14-11-32(26(37)29-24(14)36)22-10-20(34)21(39-22)12-38-23(35)13-40-27-31-30-25(28)33(27)19-9-8-16(15-6-7-15)17-4-2-3-5-18(17)19;18-16-19-20-17(24-9-15(22)23)21(16)14-8-7-11(10-5-6-10)12-3-1-2-4-13(12)14;1-5-3-12(10(16)11-9(5)15)8-2-6(14)7(4-13)17-8/h2-5,8-9,11,15,20-22,34H,6-7,10,12-13H2,1H3,(H,29,36,37);1-4,7-8,10H,5-6,9H2,(H,22,23);3,6-8,13-14H,2,4H2,1H3,(H,11,15,16)/t20?,21-,22-;;6?,7-,8-/m1.1/s1. The molecule has 2 saturated carbocycles. The molecule has 2 aliphatic heterocycles. The van der Waals surface area contributed by atoms with Crippen LogP contribution in [0.2, 0.25) is 0 Å². The van der Waals surface area contributed by atoms with Crippen molar-refractivity contribution in [2.24, 2.45) is 0 Å². The molecule has 0 amide bonds. The Labute approximate surface area is 485 Å². The van der Waals surface area contributed by atoms with Crippen molar-refractivity contribution < 1.29 is 44.2 Å². The lowest BCUT2D eigenvalue weighted by molar-refractivity contribution is -0.147. The van der Waals surface area contributed by atoms with E-state index in [1.165, 1.54) is 80.9 Å². The molecule has 4 aromatic carbocycles. The molecule has 27 heteroatoms. The quantitative estimate of drug-likeness (QED) is 0.0512. The topological polar surface area (TPSA) is 314 Å². The van der Waals surface area contributed by atoms with Gasteiger partial charge in [-0.2, -0.15) is 0 Å². The molecule has 81 heavy (non-hydrogen) atoms. The van der Waals surface area contributed by atoms with Crippen molar-refractivity contribution in [3.05, 3.63) is 159 Å². The van der Waals surface area contributed by atoms with Crippen molar-refractivity contribution in [2.75, 3.05) is 24.7 Å². The van der Waals surface area contributed by atoms with E-state index in [1.54, 1.807) is 13.8 Å². The number of ether oxygens (including phenoxy) is 3. The molecule has 0 spiro atoms. The van der Waals surface area contributed by atoms with Crippen molar-refractivity contribution in [1.82, 2.24) is 48.6 Å². The van der Waals surface area contributed by atoms with Gasteiger partial charge in [-0.3, -0.25) is 47.4 Å². The van der Waals surface area contributed by atoms with Gasteiger partial charge in [-0.15, -0.1) is 20.4 Å². The molecule has 6 N–H and O–H groups in total. The number of thioether (sulfide) groups is 2. The molecule has 2 saturated heterocycles. The Morgan fingerprint density at radius 1 is 0.642 bits per heavy atom. The molecule has 6 atom stereocenters. The second-order valence-corrected chi connectivity index (χ2v) is 23.1. The number of aromatic amines is 2. The zero-order valence-electron chi connectivity index (χ0n) is 43.4. The monoisotopic (exact) mass is 1270 g/mol. The zero-order valence-corrected chi connectivity index (χ0v) is 48.2. The first kappa shape index (κ1) is 57.7. The Morgan fingerprint density at radius 2 is 1.07 bits per heavy atom. The Morgan fingerprint density at radius 3 is 1.51 bits per heavy atom. The third-order valence-electron chi connectivity index (χ3n) is 14.1. The number of carbonyl (C=O) groups is 2. The van der Waals surface area contributed by atoms with Crippen LogP contribution in [0.3, 0.4) is 0 Å². The maximum absolute atomic E-state index is 12.6. The first-order chi connectivity index (χ1) is 39.0. The third kappa shape index (κ3) is 12.9. The smallest absolute Gasteiger partial charge is 0.330 e. The Bertz CT molecular complexity index is 3910. The van der Waals surface area contributed by atoms with Gasteiger partial charge in [0.15, 0.2) is 10.3 Å². The van der Waals surface area contributed by atoms with Gasteiger partial charge in [-0.05, 0) is 117 Å². The fourth-order valence-corrected chi connectivity index (χ4v) is 12.3. The van der Waals surface area contributed by atoms with Crippen LogP contribution in [0.4, 0.5) is 0 Å². The first-order valence-corrected chi connectivity index (χ1v) is 29.3. The van der Waals surface area contributed by atoms with Gasteiger partial charge in [0.2, 0.25) is 9.47 Å². The summed E-state index contributed by atoms with van der Waals surface area (Å²) in [5, 5.41) is 60.2. The summed E-state index contributed by atoms with van der Waals surface area (Å²) in [6.07, 6.45) is 3.29. The highest BCUT2D eigenvalue weighted by Crippen LogP contribution is 2.46. The lowest BCUT2D eigenvalue weighted by atomic mass is 9.99. The van der Waals surface area contributed by atoms with Gasteiger partial charge < -0.3 is 34.6 Å². The fourth-order valence-electron chi connectivity index (χ4n) is 9.75. The number of aliphatic hydroxyl groups is 3. The molecule has 2 unspecified atom stereocenters. The number of aliphatic hydroxyl groups excluding tert-OH is 3. The van der Waals surface area contributed by atoms with Crippen LogP contribution in [-0.4, -0.2) is 130 Å². The van der Waals surface area contributed by atoms with Crippen LogP contribution in [0, 0.1) is 13.8 Å². The van der Waals surface area contributed by atoms with E-state index in [1.807, 2.05) is 27.3 Å². The minimum atomic E-state index is -0.949. The molecule has 12 rings (SSSR count). The number of aromatic nitrogens is 10. The minimum absolute atomic E-state index is 0.0337. The normalized spacial score (nSPS) is 20.4. The van der Waals surface area contributed by atoms with E-state index >= 15 is 0 Å². The zero-order chi connectivity index (χ0) is 57.2. The first-order valence-electron chi connectivity index (χ1n) is 25.8. The number of aliphatic carboxylic acids is 1. The predicted octanol–water partition coefficient (Wildman–Crippen LogP) is 5.93.